The van der Waals surface area contributed by atoms with Crippen LogP contribution in [0, 0.1) is 0 Å². The van der Waals surface area contributed by atoms with Gasteiger partial charge in [-0.05, 0) is 23.3 Å². The van der Waals surface area contributed by atoms with Gasteiger partial charge in [-0.15, -0.1) is 0 Å². The van der Waals surface area contributed by atoms with E-state index in [4.69, 9.17) is 4.74 Å². The minimum Gasteiger partial charge on any atom is -0.489 e. The molecule has 3 heteroatoms. The number of hydrogen-bond donors (Lipinski definition) is 2. The lowest BCUT2D eigenvalue weighted by atomic mass is 10.0. The Kier molecular flexibility index (Phi) is 5.78. The first-order chi connectivity index (χ1) is 10.3. The zero-order valence-electron chi connectivity index (χ0n) is 12.5. The van der Waals surface area contributed by atoms with Crippen molar-refractivity contribution in [3.8, 4) is 5.75 Å². The highest BCUT2D eigenvalue weighted by Gasteiger charge is 2.11. The summed E-state index contributed by atoms with van der Waals surface area (Å²) in [6.45, 7) is 7.06. The highest BCUT2D eigenvalue weighted by molar-refractivity contribution is 5.87. The molecule has 112 valence electrons. The molecule has 0 saturated carbocycles. The van der Waals surface area contributed by atoms with E-state index >= 15 is 0 Å². The fourth-order valence-corrected chi connectivity index (χ4v) is 2.37. The van der Waals surface area contributed by atoms with Gasteiger partial charge in [0.1, 0.15) is 12.4 Å². The van der Waals surface area contributed by atoms with Gasteiger partial charge in [-0.2, -0.15) is 0 Å². The van der Waals surface area contributed by atoms with E-state index in [9.17, 15) is 5.11 Å². The SMILES string of the molecule is C=CCOc1ccc2ccccc2c1CNC(CC)CO. The van der Waals surface area contributed by atoms with Crippen LogP contribution in [-0.4, -0.2) is 24.4 Å². The van der Waals surface area contributed by atoms with E-state index < -0.39 is 0 Å². The quantitative estimate of drug-likeness (QED) is 0.731. The third-order valence-corrected chi connectivity index (χ3v) is 3.63. The van der Waals surface area contributed by atoms with Gasteiger partial charge in [0.25, 0.3) is 0 Å². The number of aliphatic hydroxyl groups excluding tert-OH is 1. The Balaban J connectivity index is 2.33. The van der Waals surface area contributed by atoms with E-state index in [1.807, 2.05) is 18.2 Å². The zero-order chi connectivity index (χ0) is 15.1. The number of aliphatic hydroxyl groups is 1. The predicted octanol–water partition coefficient (Wildman–Crippen LogP) is 3.27. The number of rotatable bonds is 8. The fraction of sp³-hybridized carbons (Fsp3) is 0.333. The number of benzene rings is 2. The van der Waals surface area contributed by atoms with Crippen LogP contribution in [0.15, 0.2) is 49.1 Å². The molecule has 0 radical (unpaired) electrons. The highest BCUT2D eigenvalue weighted by atomic mass is 16.5. The van der Waals surface area contributed by atoms with Crippen LogP contribution in [0.4, 0.5) is 0 Å². The summed E-state index contributed by atoms with van der Waals surface area (Å²) in [6.07, 6.45) is 2.64. The van der Waals surface area contributed by atoms with Crippen LogP contribution in [-0.2, 0) is 6.54 Å². The van der Waals surface area contributed by atoms with Gasteiger partial charge in [0.2, 0.25) is 0 Å². The Hall–Kier alpha value is -1.84. The molecular weight excluding hydrogens is 262 g/mol. The van der Waals surface area contributed by atoms with Gasteiger partial charge in [0, 0.05) is 18.2 Å². The Bertz CT molecular complexity index is 591. The van der Waals surface area contributed by atoms with Crippen molar-refractivity contribution in [2.24, 2.45) is 0 Å². The maximum absolute atomic E-state index is 9.32. The number of hydrogen-bond acceptors (Lipinski definition) is 3. The smallest absolute Gasteiger partial charge is 0.124 e. The van der Waals surface area contributed by atoms with Crippen molar-refractivity contribution < 1.29 is 9.84 Å². The monoisotopic (exact) mass is 285 g/mol. The Morgan fingerprint density at radius 1 is 1.29 bits per heavy atom. The van der Waals surface area contributed by atoms with E-state index in [1.165, 1.54) is 10.8 Å². The lowest BCUT2D eigenvalue weighted by Gasteiger charge is -2.18. The first-order valence-corrected chi connectivity index (χ1v) is 7.38. The van der Waals surface area contributed by atoms with Gasteiger partial charge < -0.3 is 15.2 Å². The molecule has 2 aromatic carbocycles. The van der Waals surface area contributed by atoms with E-state index in [-0.39, 0.29) is 12.6 Å². The molecule has 0 aliphatic heterocycles. The molecule has 0 fully saturated rings. The summed E-state index contributed by atoms with van der Waals surface area (Å²) < 4.78 is 5.77. The summed E-state index contributed by atoms with van der Waals surface area (Å²) in [5.41, 5.74) is 1.13. The van der Waals surface area contributed by atoms with Crippen LogP contribution in [0.2, 0.25) is 0 Å². The molecule has 0 aromatic heterocycles. The van der Waals surface area contributed by atoms with E-state index in [2.05, 4.69) is 37.0 Å². The van der Waals surface area contributed by atoms with Crippen molar-refractivity contribution in [1.82, 2.24) is 5.32 Å². The number of nitrogens with one attached hydrogen (secondary N) is 1. The first kappa shape index (κ1) is 15.5. The van der Waals surface area contributed by atoms with Gasteiger partial charge in [0.15, 0.2) is 0 Å². The summed E-state index contributed by atoms with van der Waals surface area (Å²) in [7, 11) is 0. The summed E-state index contributed by atoms with van der Waals surface area (Å²) in [6, 6.07) is 12.4. The van der Waals surface area contributed by atoms with Crippen LogP contribution in [0.1, 0.15) is 18.9 Å². The van der Waals surface area contributed by atoms with E-state index in [0.717, 1.165) is 17.7 Å². The lowest BCUT2D eigenvalue weighted by Crippen LogP contribution is -2.31. The van der Waals surface area contributed by atoms with Crippen LogP contribution in [0.5, 0.6) is 5.75 Å². The Morgan fingerprint density at radius 3 is 2.81 bits per heavy atom. The molecule has 1 atom stereocenters. The van der Waals surface area contributed by atoms with Crippen LogP contribution in [0.25, 0.3) is 10.8 Å². The van der Waals surface area contributed by atoms with Gasteiger partial charge >= 0.3 is 0 Å². The van der Waals surface area contributed by atoms with Crippen molar-refractivity contribution >= 4 is 10.8 Å². The Morgan fingerprint density at radius 2 is 2.10 bits per heavy atom. The van der Waals surface area contributed by atoms with Crippen molar-refractivity contribution in [3.63, 3.8) is 0 Å². The molecule has 1 unspecified atom stereocenters. The van der Waals surface area contributed by atoms with Crippen molar-refractivity contribution in [3.05, 3.63) is 54.6 Å². The summed E-state index contributed by atoms with van der Waals surface area (Å²) in [4.78, 5) is 0. The summed E-state index contributed by atoms with van der Waals surface area (Å²) in [5, 5.41) is 15.1. The summed E-state index contributed by atoms with van der Waals surface area (Å²) >= 11 is 0. The van der Waals surface area contributed by atoms with Gasteiger partial charge in [0.05, 0.1) is 6.61 Å². The minimum absolute atomic E-state index is 0.108. The largest absolute Gasteiger partial charge is 0.489 e. The molecular formula is C18H23NO2. The molecule has 0 heterocycles. The molecule has 0 aliphatic rings. The Labute approximate surface area is 126 Å². The second kappa shape index (κ2) is 7.81. The summed E-state index contributed by atoms with van der Waals surface area (Å²) in [5.74, 6) is 0.869. The maximum Gasteiger partial charge on any atom is 0.124 e. The standard InChI is InChI=1S/C18H23NO2/c1-3-11-21-18-10-9-14-7-5-6-8-16(14)17(18)12-19-15(4-2)13-20/h3,5-10,15,19-20H,1,4,11-13H2,2H3. The molecule has 21 heavy (non-hydrogen) atoms. The maximum atomic E-state index is 9.32. The molecule has 0 spiro atoms. The lowest BCUT2D eigenvalue weighted by molar-refractivity contribution is 0.238. The van der Waals surface area contributed by atoms with Crippen LogP contribution >= 0.6 is 0 Å². The normalized spacial score (nSPS) is 12.3. The average molecular weight is 285 g/mol. The molecule has 0 bridgehead atoms. The molecule has 2 rings (SSSR count). The third-order valence-electron chi connectivity index (χ3n) is 3.63. The molecule has 0 saturated heterocycles. The number of ether oxygens (including phenoxy) is 1. The van der Waals surface area contributed by atoms with E-state index in [0.29, 0.717) is 13.2 Å². The predicted molar refractivity (Wildman–Crippen MR) is 87.6 cm³/mol. The van der Waals surface area contributed by atoms with Gasteiger partial charge in [-0.3, -0.25) is 0 Å². The fourth-order valence-electron chi connectivity index (χ4n) is 2.37. The highest BCUT2D eigenvalue weighted by Crippen LogP contribution is 2.28. The first-order valence-electron chi connectivity index (χ1n) is 7.38. The van der Waals surface area contributed by atoms with Crippen molar-refractivity contribution in [2.45, 2.75) is 25.9 Å². The average Bonchev–Trinajstić information content (AvgIpc) is 2.54. The number of fused-ring (bicyclic) bond motifs is 1. The van der Waals surface area contributed by atoms with Crippen molar-refractivity contribution in [2.75, 3.05) is 13.2 Å². The molecule has 2 N–H and O–H groups in total. The second-order valence-electron chi connectivity index (χ2n) is 5.03. The third kappa shape index (κ3) is 3.84. The van der Waals surface area contributed by atoms with Gasteiger partial charge in [-0.25, -0.2) is 0 Å². The molecule has 3 nitrogen and oxygen atoms in total. The van der Waals surface area contributed by atoms with E-state index in [1.54, 1.807) is 6.08 Å². The van der Waals surface area contributed by atoms with Gasteiger partial charge in [-0.1, -0.05) is 49.9 Å². The molecule has 0 aliphatic carbocycles. The van der Waals surface area contributed by atoms with Crippen LogP contribution in [0.3, 0.4) is 0 Å². The minimum atomic E-state index is 0.108. The molecule has 2 aromatic rings. The van der Waals surface area contributed by atoms with Crippen LogP contribution < -0.4 is 10.1 Å². The molecule has 0 amide bonds. The zero-order valence-corrected chi connectivity index (χ0v) is 12.5. The topological polar surface area (TPSA) is 41.5 Å². The second-order valence-corrected chi connectivity index (χ2v) is 5.03. The van der Waals surface area contributed by atoms with Crippen molar-refractivity contribution in [1.29, 1.82) is 0 Å².